The molecule has 0 unspecified atom stereocenters. The van der Waals surface area contributed by atoms with Crippen molar-refractivity contribution < 1.29 is 22.7 Å². The second-order valence-electron chi connectivity index (χ2n) is 7.32. The third kappa shape index (κ3) is 7.56. The zero-order valence-electron chi connectivity index (χ0n) is 18.8. The molecular weight excluding hydrogens is 430 g/mol. The lowest BCUT2D eigenvalue weighted by atomic mass is 10.1. The normalized spacial score (nSPS) is 11.0. The van der Waals surface area contributed by atoms with Crippen molar-refractivity contribution in [3.8, 4) is 5.75 Å². The number of sulfonamides is 1. The first kappa shape index (κ1) is 25.2. The van der Waals surface area contributed by atoms with E-state index in [-0.39, 0.29) is 5.91 Å². The fraction of sp³-hybridized carbons (Fsp3) is 0.391. The van der Waals surface area contributed by atoms with Gasteiger partial charge in [0, 0.05) is 6.54 Å². The maximum absolute atomic E-state index is 12.7. The summed E-state index contributed by atoms with van der Waals surface area (Å²) in [4.78, 5) is 25.2. The maximum atomic E-state index is 12.7. The summed E-state index contributed by atoms with van der Waals surface area (Å²) in [6.45, 7) is 4.69. The molecule has 0 aliphatic carbocycles. The molecule has 0 aliphatic rings. The Labute approximate surface area is 190 Å². The summed E-state index contributed by atoms with van der Waals surface area (Å²) in [5.41, 5.74) is 0.987. The number of unbranched alkanes of at least 4 members (excludes halogenated alkanes) is 1. The van der Waals surface area contributed by atoms with Gasteiger partial charge in [-0.3, -0.25) is 13.9 Å². The number of nitrogens with one attached hydrogen (secondary N) is 2. The molecule has 0 atom stereocenters. The summed E-state index contributed by atoms with van der Waals surface area (Å²) in [5, 5.41) is 5.48. The Balaban J connectivity index is 2.14. The van der Waals surface area contributed by atoms with Gasteiger partial charge >= 0.3 is 0 Å². The molecule has 2 amide bonds. The molecule has 8 nitrogen and oxygen atoms in total. The lowest BCUT2D eigenvalue weighted by Crippen LogP contribution is -2.37. The minimum atomic E-state index is -3.72. The quantitative estimate of drug-likeness (QED) is 0.471. The molecule has 9 heteroatoms. The fourth-order valence-corrected chi connectivity index (χ4v) is 3.77. The molecule has 0 fully saturated rings. The standard InChI is InChI=1S/C23H31N3O5S/c1-4-6-15-24-23(28)20-9-7-8-10-21(20)25-22(27)17-26(32(3,29)30)18-11-13-19(14-12-18)31-16-5-2/h7-14H,4-6,15-17H2,1-3H3,(H,24,28)(H,25,27). The minimum Gasteiger partial charge on any atom is -0.494 e. The number of carbonyl (C=O) groups excluding carboxylic acids is 2. The molecule has 0 spiro atoms. The average Bonchev–Trinajstić information content (AvgIpc) is 2.76. The van der Waals surface area contributed by atoms with Crippen molar-refractivity contribution in [1.82, 2.24) is 5.32 Å². The Kier molecular flexibility index (Phi) is 9.52. The molecular formula is C23H31N3O5S. The van der Waals surface area contributed by atoms with E-state index in [0.29, 0.717) is 35.8 Å². The molecule has 2 aromatic rings. The maximum Gasteiger partial charge on any atom is 0.253 e. The van der Waals surface area contributed by atoms with Gasteiger partial charge in [-0.1, -0.05) is 32.4 Å². The van der Waals surface area contributed by atoms with Crippen molar-refractivity contribution in [2.75, 3.05) is 35.6 Å². The number of nitrogens with zero attached hydrogens (tertiary/aromatic N) is 1. The number of amides is 2. The smallest absolute Gasteiger partial charge is 0.253 e. The zero-order chi connectivity index (χ0) is 23.6. The van der Waals surface area contributed by atoms with E-state index in [1.165, 1.54) is 0 Å². The van der Waals surface area contributed by atoms with Crippen LogP contribution in [0, 0.1) is 0 Å². The summed E-state index contributed by atoms with van der Waals surface area (Å²) in [6.07, 6.45) is 3.70. The van der Waals surface area contributed by atoms with Gasteiger partial charge < -0.3 is 15.4 Å². The van der Waals surface area contributed by atoms with Crippen molar-refractivity contribution in [3.05, 3.63) is 54.1 Å². The van der Waals surface area contributed by atoms with Crippen molar-refractivity contribution in [2.24, 2.45) is 0 Å². The van der Waals surface area contributed by atoms with E-state index in [1.54, 1.807) is 48.5 Å². The highest BCUT2D eigenvalue weighted by molar-refractivity contribution is 7.92. The van der Waals surface area contributed by atoms with E-state index in [0.717, 1.165) is 29.8 Å². The fourth-order valence-electron chi connectivity index (χ4n) is 2.91. The summed E-state index contributed by atoms with van der Waals surface area (Å²) >= 11 is 0. The predicted molar refractivity (Wildman–Crippen MR) is 127 cm³/mol. The summed E-state index contributed by atoms with van der Waals surface area (Å²) in [7, 11) is -3.72. The second kappa shape index (κ2) is 12.1. The minimum absolute atomic E-state index is 0.294. The van der Waals surface area contributed by atoms with Gasteiger partial charge in [-0.2, -0.15) is 0 Å². The first-order valence-corrected chi connectivity index (χ1v) is 12.5. The van der Waals surface area contributed by atoms with Crippen molar-refractivity contribution >= 4 is 33.2 Å². The SMILES string of the molecule is CCCCNC(=O)c1ccccc1NC(=O)CN(c1ccc(OCCC)cc1)S(C)(=O)=O. The van der Waals surface area contributed by atoms with Gasteiger partial charge in [-0.05, 0) is 49.2 Å². The van der Waals surface area contributed by atoms with Gasteiger partial charge in [-0.15, -0.1) is 0 Å². The van der Waals surface area contributed by atoms with Crippen LogP contribution < -0.4 is 19.7 Å². The van der Waals surface area contributed by atoms with Crippen molar-refractivity contribution in [1.29, 1.82) is 0 Å². The largest absolute Gasteiger partial charge is 0.494 e. The van der Waals surface area contributed by atoms with Gasteiger partial charge in [0.05, 0.1) is 29.8 Å². The molecule has 32 heavy (non-hydrogen) atoms. The monoisotopic (exact) mass is 461 g/mol. The molecule has 0 aliphatic heterocycles. The van der Waals surface area contributed by atoms with Crippen LogP contribution in [0.2, 0.25) is 0 Å². The highest BCUT2D eigenvalue weighted by Gasteiger charge is 2.22. The van der Waals surface area contributed by atoms with Gasteiger partial charge in [0.15, 0.2) is 0 Å². The van der Waals surface area contributed by atoms with Gasteiger partial charge in [0.1, 0.15) is 12.3 Å². The van der Waals surface area contributed by atoms with E-state index >= 15 is 0 Å². The van der Waals surface area contributed by atoms with Crippen molar-refractivity contribution in [3.63, 3.8) is 0 Å². The molecule has 0 bridgehead atoms. The third-order valence-corrected chi connectivity index (χ3v) is 5.69. The lowest BCUT2D eigenvalue weighted by Gasteiger charge is -2.22. The first-order valence-electron chi connectivity index (χ1n) is 10.6. The van der Waals surface area contributed by atoms with Crippen LogP contribution in [-0.2, 0) is 14.8 Å². The number of hydrogen-bond acceptors (Lipinski definition) is 5. The second-order valence-corrected chi connectivity index (χ2v) is 9.22. The number of anilines is 2. The van der Waals surface area contributed by atoms with Gasteiger partial charge in [0.25, 0.3) is 5.91 Å². The van der Waals surface area contributed by atoms with Gasteiger partial charge in [0.2, 0.25) is 15.9 Å². The lowest BCUT2D eigenvalue weighted by molar-refractivity contribution is -0.114. The van der Waals surface area contributed by atoms with E-state index < -0.39 is 22.5 Å². The predicted octanol–water partition coefficient (Wildman–Crippen LogP) is 3.41. The molecule has 2 N–H and O–H groups in total. The summed E-state index contributed by atoms with van der Waals surface area (Å²) in [5.74, 6) is -0.232. The molecule has 0 saturated heterocycles. The Morgan fingerprint density at radius 1 is 1.00 bits per heavy atom. The Morgan fingerprint density at radius 3 is 2.31 bits per heavy atom. The van der Waals surface area contributed by atoms with Crippen LogP contribution in [0.1, 0.15) is 43.5 Å². The van der Waals surface area contributed by atoms with Gasteiger partial charge in [-0.25, -0.2) is 8.42 Å². The molecule has 0 heterocycles. The zero-order valence-corrected chi connectivity index (χ0v) is 19.6. The summed E-state index contributed by atoms with van der Waals surface area (Å²) in [6, 6.07) is 13.1. The summed E-state index contributed by atoms with van der Waals surface area (Å²) < 4.78 is 31.2. The van der Waals surface area contributed by atoms with E-state index in [2.05, 4.69) is 10.6 Å². The molecule has 0 saturated carbocycles. The number of ether oxygens (including phenoxy) is 1. The molecule has 2 rings (SSSR count). The third-order valence-electron chi connectivity index (χ3n) is 4.55. The van der Waals surface area contributed by atoms with Crippen LogP contribution in [0.3, 0.4) is 0 Å². The van der Waals surface area contributed by atoms with E-state index in [1.807, 2.05) is 13.8 Å². The number of hydrogen-bond donors (Lipinski definition) is 2. The molecule has 0 aromatic heterocycles. The highest BCUT2D eigenvalue weighted by atomic mass is 32.2. The van der Waals surface area contributed by atoms with Crippen molar-refractivity contribution in [2.45, 2.75) is 33.1 Å². The Bertz CT molecular complexity index is 1010. The van der Waals surface area contributed by atoms with Crippen LogP contribution >= 0.6 is 0 Å². The Hall–Kier alpha value is -3.07. The number of para-hydroxylation sites is 1. The van der Waals surface area contributed by atoms with Crippen LogP contribution in [0.5, 0.6) is 5.75 Å². The van der Waals surface area contributed by atoms with E-state index in [9.17, 15) is 18.0 Å². The number of benzene rings is 2. The molecule has 2 aromatic carbocycles. The number of carbonyl (C=O) groups is 2. The molecule has 0 radical (unpaired) electrons. The average molecular weight is 462 g/mol. The number of rotatable bonds is 12. The van der Waals surface area contributed by atoms with Crippen LogP contribution in [-0.4, -0.2) is 46.2 Å². The van der Waals surface area contributed by atoms with Crippen LogP contribution in [0.25, 0.3) is 0 Å². The Morgan fingerprint density at radius 2 is 1.69 bits per heavy atom. The molecule has 174 valence electrons. The highest BCUT2D eigenvalue weighted by Crippen LogP contribution is 2.22. The topological polar surface area (TPSA) is 105 Å². The van der Waals surface area contributed by atoms with Crippen LogP contribution in [0.15, 0.2) is 48.5 Å². The first-order chi connectivity index (χ1) is 15.3. The van der Waals surface area contributed by atoms with Crippen LogP contribution in [0.4, 0.5) is 11.4 Å². The van der Waals surface area contributed by atoms with E-state index in [4.69, 9.17) is 4.74 Å².